The van der Waals surface area contributed by atoms with Crippen molar-refractivity contribution < 1.29 is 19.3 Å². The van der Waals surface area contributed by atoms with E-state index in [2.05, 4.69) is 5.32 Å². The van der Waals surface area contributed by atoms with Crippen molar-refractivity contribution in [3.63, 3.8) is 0 Å². The number of benzene rings is 2. The van der Waals surface area contributed by atoms with Gasteiger partial charge in [0.15, 0.2) is 11.5 Å². The molecule has 5 heteroatoms. The van der Waals surface area contributed by atoms with E-state index < -0.39 is 6.10 Å². The number of aliphatic hydroxyl groups excluding tert-OH is 1. The minimum absolute atomic E-state index is 0.315. The van der Waals surface area contributed by atoms with E-state index in [-0.39, 0.29) is 0 Å². The van der Waals surface area contributed by atoms with E-state index >= 15 is 0 Å². The predicted octanol–water partition coefficient (Wildman–Crippen LogP) is 3.05. The normalized spacial score (nSPS) is 16.3. The number of nitrogens with one attached hydrogen (secondary N) is 1. The van der Waals surface area contributed by atoms with Crippen LogP contribution in [-0.2, 0) is 11.3 Å². The van der Waals surface area contributed by atoms with Crippen LogP contribution in [0.1, 0.15) is 35.6 Å². The molecule has 3 rings (SSSR count). The van der Waals surface area contributed by atoms with E-state index in [1.54, 1.807) is 14.2 Å². The van der Waals surface area contributed by atoms with Crippen molar-refractivity contribution in [3.05, 3.63) is 59.2 Å². The Morgan fingerprint density at radius 2 is 1.73 bits per heavy atom. The van der Waals surface area contributed by atoms with Crippen LogP contribution in [0.3, 0.4) is 0 Å². The molecule has 0 aliphatic carbocycles. The molecule has 0 amide bonds. The van der Waals surface area contributed by atoms with Crippen molar-refractivity contribution in [3.8, 4) is 11.5 Å². The fraction of sp³-hybridized carbons (Fsp3) is 0.429. The molecule has 0 aromatic heterocycles. The maximum Gasteiger partial charge on any atom is 0.161 e. The van der Waals surface area contributed by atoms with Crippen molar-refractivity contribution in [2.75, 3.05) is 27.3 Å². The zero-order chi connectivity index (χ0) is 18.4. The molecule has 1 unspecified atom stereocenters. The molecule has 140 valence electrons. The Balaban J connectivity index is 1.70. The van der Waals surface area contributed by atoms with E-state index in [1.807, 2.05) is 42.5 Å². The molecule has 0 bridgehead atoms. The number of aliphatic hydroxyl groups is 1. The molecule has 26 heavy (non-hydrogen) atoms. The molecule has 0 radical (unpaired) electrons. The second kappa shape index (κ2) is 9.03. The van der Waals surface area contributed by atoms with Crippen LogP contribution in [-0.4, -0.2) is 38.5 Å². The largest absolute Gasteiger partial charge is 0.493 e. The van der Waals surface area contributed by atoms with Crippen LogP contribution in [0.15, 0.2) is 42.5 Å². The number of ether oxygens (including phenoxy) is 3. The predicted molar refractivity (Wildman–Crippen MR) is 101 cm³/mol. The maximum absolute atomic E-state index is 10.8. The molecule has 0 saturated carbocycles. The summed E-state index contributed by atoms with van der Waals surface area (Å²) in [6.45, 7) is 2.60. The van der Waals surface area contributed by atoms with Gasteiger partial charge >= 0.3 is 0 Å². The third-order valence-electron chi connectivity index (χ3n) is 4.76. The van der Waals surface area contributed by atoms with E-state index in [1.165, 1.54) is 0 Å². The first-order valence-electron chi connectivity index (χ1n) is 9.02. The summed E-state index contributed by atoms with van der Waals surface area (Å²) in [6, 6.07) is 13.4. The molecule has 5 nitrogen and oxygen atoms in total. The van der Waals surface area contributed by atoms with Gasteiger partial charge in [-0.15, -0.1) is 0 Å². The van der Waals surface area contributed by atoms with E-state index in [0.29, 0.717) is 24.2 Å². The smallest absolute Gasteiger partial charge is 0.161 e. The standard InChI is InChI=1S/C21H27NO4/c1-24-19-7-6-17(13-20(19)25-2)21(23)16-5-3-4-15(12-16)14-26-18-8-10-22-11-9-18/h3-7,12-13,18,21-23H,8-11,14H2,1-2H3. The van der Waals surface area contributed by atoms with Gasteiger partial charge in [-0.3, -0.25) is 0 Å². The molecule has 1 saturated heterocycles. The minimum Gasteiger partial charge on any atom is -0.493 e. The highest BCUT2D eigenvalue weighted by Gasteiger charge is 2.16. The third-order valence-corrected chi connectivity index (χ3v) is 4.76. The lowest BCUT2D eigenvalue weighted by Gasteiger charge is -2.23. The monoisotopic (exact) mass is 357 g/mol. The lowest BCUT2D eigenvalue weighted by Crippen LogP contribution is -2.32. The van der Waals surface area contributed by atoms with Gasteiger partial charge in [0, 0.05) is 0 Å². The Bertz CT molecular complexity index is 713. The molecule has 2 N–H and O–H groups in total. The summed E-state index contributed by atoms with van der Waals surface area (Å²) in [5.41, 5.74) is 2.67. The molecule has 2 aromatic carbocycles. The van der Waals surface area contributed by atoms with Crippen molar-refractivity contribution in [1.29, 1.82) is 0 Å². The fourth-order valence-corrected chi connectivity index (χ4v) is 3.24. The highest BCUT2D eigenvalue weighted by Crippen LogP contribution is 2.32. The Morgan fingerprint density at radius 1 is 1.00 bits per heavy atom. The molecule has 0 spiro atoms. The van der Waals surface area contributed by atoms with Crippen molar-refractivity contribution in [1.82, 2.24) is 5.32 Å². The second-order valence-corrected chi connectivity index (χ2v) is 6.52. The van der Waals surface area contributed by atoms with Gasteiger partial charge in [0.2, 0.25) is 0 Å². The van der Waals surface area contributed by atoms with Gasteiger partial charge in [0.25, 0.3) is 0 Å². The van der Waals surface area contributed by atoms with Gasteiger partial charge in [-0.1, -0.05) is 30.3 Å². The molecular weight excluding hydrogens is 330 g/mol. The minimum atomic E-state index is -0.728. The second-order valence-electron chi connectivity index (χ2n) is 6.52. The van der Waals surface area contributed by atoms with Gasteiger partial charge in [0.1, 0.15) is 6.10 Å². The van der Waals surface area contributed by atoms with Crippen LogP contribution in [0.5, 0.6) is 11.5 Å². The van der Waals surface area contributed by atoms with Crippen LogP contribution >= 0.6 is 0 Å². The Morgan fingerprint density at radius 3 is 2.46 bits per heavy atom. The Labute approximate surface area is 154 Å². The van der Waals surface area contributed by atoms with Crippen molar-refractivity contribution in [2.24, 2.45) is 0 Å². The summed E-state index contributed by atoms with van der Waals surface area (Å²) < 4.78 is 16.6. The Kier molecular flexibility index (Phi) is 6.50. The zero-order valence-corrected chi connectivity index (χ0v) is 15.4. The first-order valence-corrected chi connectivity index (χ1v) is 9.02. The van der Waals surface area contributed by atoms with E-state index in [4.69, 9.17) is 14.2 Å². The summed E-state index contributed by atoms with van der Waals surface area (Å²) in [6.07, 6.45) is 1.69. The van der Waals surface area contributed by atoms with Gasteiger partial charge in [-0.05, 0) is 54.8 Å². The average Bonchev–Trinajstić information content (AvgIpc) is 2.72. The number of rotatable bonds is 7. The molecular formula is C21H27NO4. The summed E-state index contributed by atoms with van der Waals surface area (Å²) in [5, 5.41) is 14.1. The van der Waals surface area contributed by atoms with E-state index in [9.17, 15) is 5.11 Å². The van der Waals surface area contributed by atoms with Crippen molar-refractivity contribution >= 4 is 0 Å². The topological polar surface area (TPSA) is 60.0 Å². The summed E-state index contributed by atoms with van der Waals surface area (Å²) in [7, 11) is 3.19. The van der Waals surface area contributed by atoms with Crippen molar-refractivity contribution in [2.45, 2.75) is 31.7 Å². The summed E-state index contributed by atoms with van der Waals surface area (Å²) in [4.78, 5) is 0. The van der Waals surface area contributed by atoms with Crippen LogP contribution in [0.2, 0.25) is 0 Å². The molecule has 1 aliphatic rings. The summed E-state index contributed by atoms with van der Waals surface area (Å²) >= 11 is 0. The molecule has 1 aliphatic heterocycles. The zero-order valence-electron chi connectivity index (χ0n) is 15.4. The number of methoxy groups -OCH3 is 2. The van der Waals surface area contributed by atoms with Gasteiger partial charge < -0.3 is 24.6 Å². The van der Waals surface area contributed by atoms with Crippen LogP contribution < -0.4 is 14.8 Å². The highest BCUT2D eigenvalue weighted by molar-refractivity contribution is 5.45. The molecule has 2 aromatic rings. The quantitative estimate of drug-likeness (QED) is 0.798. The number of piperidine rings is 1. The number of hydrogen-bond acceptors (Lipinski definition) is 5. The van der Waals surface area contributed by atoms with Gasteiger partial charge in [-0.2, -0.15) is 0 Å². The van der Waals surface area contributed by atoms with Gasteiger partial charge in [0.05, 0.1) is 26.9 Å². The lowest BCUT2D eigenvalue weighted by molar-refractivity contribution is 0.0211. The molecule has 1 heterocycles. The Hall–Kier alpha value is -2.08. The SMILES string of the molecule is COc1ccc(C(O)c2cccc(COC3CCNCC3)c2)cc1OC. The summed E-state index contributed by atoms with van der Waals surface area (Å²) in [5.74, 6) is 1.25. The first kappa shape index (κ1) is 18.7. The molecule has 1 fully saturated rings. The van der Waals surface area contributed by atoms with Gasteiger partial charge in [-0.25, -0.2) is 0 Å². The average molecular weight is 357 g/mol. The lowest BCUT2D eigenvalue weighted by atomic mass is 9.99. The van der Waals surface area contributed by atoms with E-state index in [0.717, 1.165) is 42.6 Å². The van der Waals surface area contributed by atoms with Crippen LogP contribution in [0.25, 0.3) is 0 Å². The third kappa shape index (κ3) is 4.55. The maximum atomic E-state index is 10.8. The number of hydrogen-bond donors (Lipinski definition) is 2. The highest BCUT2D eigenvalue weighted by atomic mass is 16.5. The molecule has 1 atom stereocenters. The van der Waals surface area contributed by atoms with Crippen LogP contribution in [0.4, 0.5) is 0 Å². The van der Waals surface area contributed by atoms with Crippen LogP contribution in [0, 0.1) is 0 Å². The first-order chi connectivity index (χ1) is 12.7. The fourth-order valence-electron chi connectivity index (χ4n) is 3.24.